The molecule has 1 aliphatic rings. The predicted molar refractivity (Wildman–Crippen MR) is 96.9 cm³/mol. The largest absolute Gasteiger partial charge is 0.341 e. The van der Waals surface area contributed by atoms with Crippen LogP contribution in [0.25, 0.3) is 0 Å². The van der Waals surface area contributed by atoms with Crippen molar-refractivity contribution >= 4 is 11.9 Å². The molecule has 2 rings (SSSR count). The average Bonchev–Trinajstić information content (AvgIpc) is 2.58. The lowest BCUT2D eigenvalue weighted by Crippen LogP contribution is -2.47. The van der Waals surface area contributed by atoms with Crippen LogP contribution in [-0.2, 0) is 4.79 Å². The van der Waals surface area contributed by atoms with Crippen molar-refractivity contribution in [1.82, 2.24) is 19.8 Å². The van der Waals surface area contributed by atoms with Crippen LogP contribution in [0.4, 0.5) is 5.95 Å². The Bertz CT molecular complexity index is 505. The molecule has 0 aliphatic carbocycles. The second-order valence-corrected chi connectivity index (χ2v) is 7.32. The highest BCUT2D eigenvalue weighted by Gasteiger charge is 2.30. The fraction of sp³-hybridized carbons (Fsp3) is 0.722. The maximum absolute atomic E-state index is 13.1. The summed E-state index contributed by atoms with van der Waals surface area (Å²) in [7, 11) is 4.10. The standard InChI is InChI=1S/C18H31N5O/c1-15(2)13-22(12-11-21(3)4)17(24)16-7-5-10-23(14-16)18-19-8-6-9-20-18/h6,8-9,15-16H,5,7,10-14H2,1-4H3. The summed E-state index contributed by atoms with van der Waals surface area (Å²) in [6, 6.07) is 1.82. The minimum absolute atomic E-state index is 0.0449. The lowest BCUT2D eigenvalue weighted by Gasteiger charge is -2.35. The van der Waals surface area contributed by atoms with E-state index in [1.165, 1.54) is 0 Å². The van der Waals surface area contributed by atoms with E-state index in [9.17, 15) is 4.79 Å². The number of hydrogen-bond donors (Lipinski definition) is 0. The first kappa shape index (κ1) is 18.6. The molecule has 0 saturated carbocycles. The molecular weight excluding hydrogens is 302 g/mol. The molecule has 6 nitrogen and oxygen atoms in total. The summed E-state index contributed by atoms with van der Waals surface area (Å²) in [4.78, 5) is 28.0. The van der Waals surface area contributed by atoms with E-state index in [2.05, 4.69) is 33.6 Å². The number of likely N-dealkylation sites (N-methyl/N-ethyl adjacent to an activating group) is 1. The van der Waals surface area contributed by atoms with E-state index in [0.717, 1.165) is 51.5 Å². The molecule has 1 unspecified atom stereocenters. The second kappa shape index (κ2) is 8.97. The molecule has 134 valence electrons. The summed E-state index contributed by atoms with van der Waals surface area (Å²) in [6.07, 6.45) is 5.49. The third-order valence-corrected chi connectivity index (χ3v) is 4.32. The third kappa shape index (κ3) is 5.44. The smallest absolute Gasteiger partial charge is 0.227 e. The zero-order chi connectivity index (χ0) is 17.5. The van der Waals surface area contributed by atoms with Crippen LogP contribution in [0.2, 0.25) is 0 Å². The molecule has 1 aliphatic heterocycles. The number of carbonyl (C=O) groups excluding carboxylic acids is 1. The van der Waals surface area contributed by atoms with Crippen LogP contribution in [0.5, 0.6) is 0 Å². The van der Waals surface area contributed by atoms with Crippen molar-refractivity contribution < 1.29 is 4.79 Å². The Kier molecular flexibility index (Phi) is 6.97. The van der Waals surface area contributed by atoms with Crippen molar-refractivity contribution in [3.8, 4) is 0 Å². The Morgan fingerprint density at radius 3 is 2.62 bits per heavy atom. The number of hydrogen-bond acceptors (Lipinski definition) is 5. The van der Waals surface area contributed by atoms with Gasteiger partial charge in [0.15, 0.2) is 0 Å². The lowest BCUT2D eigenvalue weighted by atomic mass is 9.96. The molecule has 1 aromatic rings. The zero-order valence-corrected chi connectivity index (χ0v) is 15.5. The van der Waals surface area contributed by atoms with Gasteiger partial charge >= 0.3 is 0 Å². The van der Waals surface area contributed by atoms with Gasteiger partial charge in [-0.05, 0) is 38.9 Å². The first-order valence-corrected chi connectivity index (χ1v) is 8.93. The molecule has 0 N–H and O–H groups in total. The highest BCUT2D eigenvalue weighted by molar-refractivity contribution is 5.79. The molecule has 0 bridgehead atoms. The number of piperidine rings is 1. The topological polar surface area (TPSA) is 52.6 Å². The number of rotatable bonds is 7. The first-order chi connectivity index (χ1) is 11.5. The van der Waals surface area contributed by atoms with Gasteiger partial charge in [0.2, 0.25) is 11.9 Å². The van der Waals surface area contributed by atoms with Crippen molar-refractivity contribution in [3.63, 3.8) is 0 Å². The quantitative estimate of drug-likeness (QED) is 0.761. The SMILES string of the molecule is CC(C)CN(CCN(C)C)C(=O)C1CCCN(c2ncccn2)C1. The van der Waals surface area contributed by atoms with Gasteiger partial charge < -0.3 is 14.7 Å². The van der Waals surface area contributed by atoms with Crippen LogP contribution in [-0.4, -0.2) is 72.5 Å². The maximum Gasteiger partial charge on any atom is 0.227 e. The predicted octanol–water partition coefficient (Wildman–Crippen LogP) is 1.74. The van der Waals surface area contributed by atoms with Crippen LogP contribution in [0.15, 0.2) is 18.5 Å². The van der Waals surface area contributed by atoms with Crippen LogP contribution >= 0.6 is 0 Å². The Labute approximate surface area is 145 Å². The molecule has 1 fully saturated rings. The molecule has 0 spiro atoms. The van der Waals surface area contributed by atoms with Gasteiger partial charge in [-0.15, -0.1) is 0 Å². The highest BCUT2D eigenvalue weighted by Crippen LogP contribution is 2.22. The van der Waals surface area contributed by atoms with E-state index in [1.54, 1.807) is 12.4 Å². The van der Waals surface area contributed by atoms with E-state index in [0.29, 0.717) is 5.92 Å². The van der Waals surface area contributed by atoms with E-state index < -0.39 is 0 Å². The molecular formula is C18H31N5O. The minimum Gasteiger partial charge on any atom is -0.341 e. The van der Waals surface area contributed by atoms with E-state index >= 15 is 0 Å². The lowest BCUT2D eigenvalue weighted by molar-refractivity contribution is -0.136. The van der Waals surface area contributed by atoms with Crippen molar-refractivity contribution in [2.24, 2.45) is 11.8 Å². The summed E-state index contributed by atoms with van der Waals surface area (Å²) >= 11 is 0. The van der Waals surface area contributed by atoms with Crippen molar-refractivity contribution in [2.75, 3.05) is 51.7 Å². The van der Waals surface area contributed by atoms with Gasteiger partial charge in [-0.1, -0.05) is 13.8 Å². The number of amides is 1. The van der Waals surface area contributed by atoms with E-state index in [4.69, 9.17) is 0 Å². The molecule has 1 saturated heterocycles. The monoisotopic (exact) mass is 333 g/mol. The number of aromatic nitrogens is 2. The first-order valence-electron chi connectivity index (χ1n) is 8.93. The van der Waals surface area contributed by atoms with Gasteiger partial charge in [0.25, 0.3) is 0 Å². The molecule has 6 heteroatoms. The van der Waals surface area contributed by atoms with Gasteiger partial charge in [-0.2, -0.15) is 0 Å². The van der Waals surface area contributed by atoms with Crippen molar-refractivity contribution in [1.29, 1.82) is 0 Å². The average molecular weight is 333 g/mol. The van der Waals surface area contributed by atoms with Crippen LogP contribution < -0.4 is 4.90 Å². The fourth-order valence-electron chi connectivity index (χ4n) is 3.13. The molecule has 1 aromatic heterocycles. The van der Waals surface area contributed by atoms with Crippen molar-refractivity contribution in [2.45, 2.75) is 26.7 Å². The van der Waals surface area contributed by atoms with Crippen LogP contribution in [0.3, 0.4) is 0 Å². The summed E-state index contributed by atoms with van der Waals surface area (Å²) < 4.78 is 0. The molecule has 2 heterocycles. The molecule has 24 heavy (non-hydrogen) atoms. The van der Waals surface area contributed by atoms with Gasteiger partial charge in [0.1, 0.15) is 0 Å². The van der Waals surface area contributed by atoms with Gasteiger partial charge in [0, 0.05) is 45.1 Å². The van der Waals surface area contributed by atoms with Gasteiger partial charge in [-0.3, -0.25) is 4.79 Å². The normalized spacial score (nSPS) is 18.2. The van der Waals surface area contributed by atoms with Gasteiger partial charge in [0.05, 0.1) is 5.92 Å². The fourth-order valence-corrected chi connectivity index (χ4v) is 3.13. The van der Waals surface area contributed by atoms with E-state index in [1.807, 2.05) is 25.1 Å². The van der Waals surface area contributed by atoms with Crippen LogP contribution in [0, 0.1) is 11.8 Å². The second-order valence-electron chi connectivity index (χ2n) is 7.32. The number of carbonyl (C=O) groups is 1. The Balaban J connectivity index is 2.02. The maximum atomic E-state index is 13.1. The Morgan fingerprint density at radius 2 is 2.00 bits per heavy atom. The summed E-state index contributed by atoms with van der Waals surface area (Å²) in [6.45, 7) is 8.50. The third-order valence-electron chi connectivity index (χ3n) is 4.32. The molecule has 0 radical (unpaired) electrons. The summed E-state index contributed by atoms with van der Waals surface area (Å²) in [5.74, 6) is 1.54. The number of anilines is 1. The molecule has 1 atom stereocenters. The summed E-state index contributed by atoms with van der Waals surface area (Å²) in [5.41, 5.74) is 0. The van der Waals surface area contributed by atoms with E-state index in [-0.39, 0.29) is 11.8 Å². The number of nitrogens with zero attached hydrogens (tertiary/aromatic N) is 5. The van der Waals surface area contributed by atoms with Crippen molar-refractivity contribution in [3.05, 3.63) is 18.5 Å². The highest BCUT2D eigenvalue weighted by atomic mass is 16.2. The zero-order valence-electron chi connectivity index (χ0n) is 15.5. The Hall–Kier alpha value is -1.69. The molecule has 0 aromatic carbocycles. The summed E-state index contributed by atoms with van der Waals surface area (Å²) in [5, 5.41) is 0. The molecule has 1 amide bonds. The Morgan fingerprint density at radius 1 is 1.29 bits per heavy atom. The van der Waals surface area contributed by atoms with Crippen LogP contribution in [0.1, 0.15) is 26.7 Å². The minimum atomic E-state index is 0.0449. The van der Waals surface area contributed by atoms with Gasteiger partial charge in [-0.25, -0.2) is 9.97 Å².